The molecule has 7 nitrogen and oxygen atoms in total. The Morgan fingerprint density at radius 3 is 2.58 bits per heavy atom. The lowest BCUT2D eigenvalue weighted by Gasteiger charge is -2.06. The molecule has 0 bridgehead atoms. The molecule has 0 aliphatic rings. The first-order valence-corrected chi connectivity index (χ1v) is 8.12. The SMILES string of the molecule is CCOc1cc(/C=N\NC(=O)C(=O)NCc2ccc(C)cc2)ccc1O. The molecule has 0 saturated heterocycles. The monoisotopic (exact) mass is 355 g/mol. The van der Waals surface area contributed by atoms with Gasteiger partial charge in [0.1, 0.15) is 0 Å². The van der Waals surface area contributed by atoms with Crippen LogP contribution in [0.25, 0.3) is 0 Å². The fourth-order valence-corrected chi connectivity index (χ4v) is 2.07. The van der Waals surface area contributed by atoms with Gasteiger partial charge in [-0.25, -0.2) is 5.43 Å². The second kappa shape index (κ2) is 9.22. The maximum absolute atomic E-state index is 11.8. The molecule has 0 aromatic heterocycles. The number of rotatable bonds is 6. The lowest BCUT2D eigenvalue weighted by Crippen LogP contribution is -2.37. The van der Waals surface area contributed by atoms with E-state index in [1.807, 2.05) is 31.2 Å². The Labute approximate surface area is 151 Å². The fraction of sp³-hybridized carbons (Fsp3) is 0.211. The number of phenolic OH excluding ortho intramolecular Hbond substituents is 1. The highest BCUT2D eigenvalue weighted by Gasteiger charge is 2.11. The Bertz CT molecular complexity index is 801. The van der Waals surface area contributed by atoms with Crippen molar-refractivity contribution >= 4 is 18.0 Å². The van der Waals surface area contributed by atoms with Gasteiger partial charge in [-0.1, -0.05) is 29.8 Å². The van der Waals surface area contributed by atoms with E-state index >= 15 is 0 Å². The van der Waals surface area contributed by atoms with Crippen LogP contribution in [0.4, 0.5) is 0 Å². The highest BCUT2D eigenvalue weighted by atomic mass is 16.5. The van der Waals surface area contributed by atoms with Gasteiger partial charge in [0.15, 0.2) is 11.5 Å². The molecule has 0 spiro atoms. The summed E-state index contributed by atoms with van der Waals surface area (Å²) in [6.45, 7) is 4.44. The second-order valence-electron chi connectivity index (χ2n) is 5.53. The van der Waals surface area contributed by atoms with Crippen molar-refractivity contribution in [2.75, 3.05) is 6.61 Å². The van der Waals surface area contributed by atoms with Crippen LogP contribution < -0.4 is 15.5 Å². The molecule has 0 heterocycles. The molecule has 7 heteroatoms. The Kier molecular flexibility index (Phi) is 6.73. The first-order valence-electron chi connectivity index (χ1n) is 8.12. The van der Waals surface area contributed by atoms with Crippen LogP contribution in [0.2, 0.25) is 0 Å². The van der Waals surface area contributed by atoms with Crippen LogP contribution in [0.1, 0.15) is 23.6 Å². The average molecular weight is 355 g/mol. The number of carbonyl (C=O) groups is 2. The van der Waals surface area contributed by atoms with Crippen molar-refractivity contribution in [3.63, 3.8) is 0 Å². The van der Waals surface area contributed by atoms with E-state index in [2.05, 4.69) is 15.8 Å². The van der Waals surface area contributed by atoms with Crippen LogP contribution in [0.15, 0.2) is 47.6 Å². The van der Waals surface area contributed by atoms with E-state index in [4.69, 9.17) is 4.74 Å². The number of phenols is 1. The molecule has 0 aliphatic carbocycles. The number of ether oxygens (including phenoxy) is 1. The van der Waals surface area contributed by atoms with E-state index < -0.39 is 11.8 Å². The van der Waals surface area contributed by atoms with Gasteiger partial charge in [-0.2, -0.15) is 5.10 Å². The zero-order valence-electron chi connectivity index (χ0n) is 14.7. The number of nitrogens with one attached hydrogen (secondary N) is 2. The van der Waals surface area contributed by atoms with Crippen molar-refractivity contribution in [2.24, 2.45) is 5.10 Å². The summed E-state index contributed by atoms with van der Waals surface area (Å²) in [6.07, 6.45) is 1.35. The molecule has 3 N–H and O–H groups in total. The number of aryl methyl sites for hydroxylation is 1. The molecule has 0 fully saturated rings. The van der Waals surface area contributed by atoms with E-state index in [0.29, 0.717) is 17.9 Å². The summed E-state index contributed by atoms with van der Waals surface area (Å²) in [5.41, 5.74) is 4.78. The summed E-state index contributed by atoms with van der Waals surface area (Å²) in [7, 11) is 0. The molecule has 0 aliphatic heterocycles. The van der Waals surface area contributed by atoms with Crippen LogP contribution in [0, 0.1) is 6.92 Å². The fourth-order valence-electron chi connectivity index (χ4n) is 2.07. The van der Waals surface area contributed by atoms with Crippen molar-refractivity contribution in [1.29, 1.82) is 0 Å². The van der Waals surface area contributed by atoms with Gasteiger partial charge in [-0.15, -0.1) is 0 Å². The lowest BCUT2D eigenvalue weighted by atomic mass is 10.1. The standard InChI is InChI=1S/C19H21N3O4/c1-3-26-17-10-15(8-9-16(17)23)12-21-22-19(25)18(24)20-11-14-6-4-13(2)5-7-14/h4-10,12,23H,3,11H2,1-2H3,(H,20,24)(H,22,25)/b21-12-. The molecule has 0 atom stereocenters. The number of hydrogen-bond donors (Lipinski definition) is 3. The van der Waals surface area contributed by atoms with E-state index in [1.165, 1.54) is 12.3 Å². The van der Waals surface area contributed by atoms with E-state index in [-0.39, 0.29) is 12.3 Å². The van der Waals surface area contributed by atoms with Gasteiger partial charge in [0, 0.05) is 6.54 Å². The van der Waals surface area contributed by atoms with Gasteiger partial charge in [-0.3, -0.25) is 9.59 Å². The first kappa shape index (κ1) is 19.0. The third-order valence-electron chi connectivity index (χ3n) is 3.44. The predicted octanol–water partition coefficient (Wildman–Crippen LogP) is 1.87. The molecule has 26 heavy (non-hydrogen) atoms. The van der Waals surface area contributed by atoms with Crippen molar-refractivity contribution in [3.8, 4) is 11.5 Å². The second-order valence-corrected chi connectivity index (χ2v) is 5.53. The Balaban J connectivity index is 1.85. The third kappa shape index (κ3) is 5.62. The molecule has 2 amide bonds. The van der Waals surface area contributed by atoms with Gasteiger partial charge in [-0.05, 0) is 43.2 Å². The number of benzene rings is 2. The summed E-state index contributed by atoms with van der Waals surface area (Å²) < 4.78 is 5.26. The average Bonchev–Trinajstić information content (AvgIpc) is 2.63. The van der Waals surface area contributed by atoms with Crippen LogP contribution in [-0.2, 0) is 16.1 Å². The minimum absolute atomic E-state index is 0.0171. The van der Waals surface area contributed by atoms with Crippen LogP contribution in [-0.4, -0.2) is 29.7 Å². The highest BCUT2D eigenvalue weighted by Crippen LogP contribution is 2.26. The lowest BCUT2D eigenvalue weighted by molar-refractivity contribution is -0.139. The molecule has 0 radical (unpaired) electrons. The number of hydrazone groups is 1. The number of carbonyl (C=O) groups excluding carboxylic acids is 2. The number of nitrogens with zero attached hydrogens (tertiary/aromatic N) is 1. The molecule has 2 aromatic rings. The number of amides is 2. The smallest absolute Gasteiger partial charge is 0.329 e. The van der Waals surface area contributed by atoms with Crippen LogP contribution in [0.5, 0.6) is 11.5 Å². The predicted molar refractivity (Wildman–Crippen MR) is 98.0 cm³/mol. The zero-order valence-corrected chi connectivity index (χ0v) is 14.7. The molecular formula is C19H21N3O4. The van der Waals surface area contributed by atoms with E-state index in [0.717, 1.165) is 11.1 Å². The largest absolute Gasteiger partial charge is 0.504 e. The summed E-state index contributed by atoms with van der Waals surface area (Å²) >= 11 is 0. The van der Waals surface area contributed by atoms with Gasteiger partial charge < -0.3 is 15.2 Å². The van der Waals surface area contributed by atoms with Crippen molar-refractivity contribution in [2.45, 2.75) is 20.4 Å². The van der Waals surface area contributed by atoms with Crippen molar-refractivity contribution < 1.29 is 19.4 Å². The molecule has 0 saturated carbocycles. The topological polar surface area (TPSA) is 100 Å². The van der Waals surface area contributed by atoms with Crippen LogP contribution >= 0.6 is 0 Å². The molecule has 2 aromatic carbocycles. The van der Waals surface area contributed by atoms with Gasteiger partial charge in [0.25, 0.3) is 0 Å². The highest BCUT2D eigenvalue weighted by molar-refractivity contribution is 6.35. The summed E-state index contributed by atoms with van der Waals surface area (Å²) in [6, 6.07) is 12.3. The van der Waals surface area contributed by atoms with Gasteiger partial charge in [0.2, 0.25) is 0 Å². The molecule has 0 unspecified atom stereocenters. The van der Waals surface area contributed by atoms with Crippen molar-refractivity contribution in [3.05, 3.63) is 59.2 Å². The van der Waals surface area contributed by atoms with E-state index in [1.54, 1.807) is 19.1 Å². The van der Waals surface area contributed by atoms with Crippen LogP contribution in [0.3, 0.4) is 0 Å². The maximum atomic E-state index is 11.8. The van der Waals surface area contributed by atoms with Gasteiger partial charge in [0.05, 0.1) is 12.8 Å². The first-order chi connectivity index (χ1) is 12.5. The quantitative estimate of drug-likeness (QED) is 0.418. The zero-order chi connectivity index (χ0) is 18.9. The van der Waals surface area contributed by atoms with Gasteiger partial charge >= 0.3 is 11.8 Å². The summed E-state index contributed by atoms with van der Waals surface area (Å²) in [5, 5.41) is 15.9. The summed E-state index contributed by atoms with van der Waals surface area (Å²) in [4.78, 5) is 23.5. The molecular weight excluding hydrogens is 334 g/mol. The maximum Gasteiger partial charge on any atom is 0.329 e. The van der Waals surface area contributed by atoms with Crippen molar-refractivity contribution in [1.82, 2.24) is 10.7 Å². The minimum Gasteiger partial charge on any atom is -0.504 e. The Morgan fingerprint density at radius 2 is 1.88 bits per heavy atom. The molecule has 136 valence electrons. The number of aromatic hydroxyl groups is 1. The summed E-state index contributed by atoms with van der Waals surface area (Å²) in [5.74, 6) is -1.30. The number of hydrogen-bond acceptors (Lipinski definition) is 5. The normalized spacial score (nSPS) is 10.5. The van der Waals surface area contributed by atoms with E-state index in [9.17, 15) is 14.7 Å². The third-order valence-corrected chi connectivity index (χ3v) is 3.44. The minimum atomic E-state index is -0.864. The Hall–Kier alpha value is -3.35. The molecule has 2 rings (SSSR count). The Morgan fingerprint density at radius 1 is 1.15 bits per heavy atom.